The summed E-state index contributed by atoms with van der Waals surface area (Å²) in [6.07, 6.45) is 0. The molecule has 10 heteroatoms. The van der Waals surface area contributed by atoms with E-state index in [0.717, 1.165) is 0 Å². The number of hydrogen-bond acceptors (Lipinski definition) is 6. The van der Waals surface area contributed by atoms with Gasteiger partial charge in [0.25, 0.3) is 15.6 Å². The fourth-order valence-corrected chi connectivity index (χ4v) is 2.54. The van der Waals surface area contributed by atoms with Crippen LogP contribution in [0.5, 0.6) is 11.5 Å². The lowest BCUT2D eigenvalue weighted by Gasteiger charge is -2.13. The molecular weight excluding hydrogens is 429 g/mol. The molecule has 3 aromatic rings. The van der Waals surface area contributed by atoms with E-state index < -0.39 is 9.70 Å². The molecule has 0 aliphatic rings. The predicted octanol–water partition coefficient (Wildman–Crippen LogP) is 4.73. The van der Waals surface area contributed by atoms with Crippen LogP contribution in [-0.2, 0) is 4.79 Å². The Hall–Kier alpha value is -2.48. The zero-order valence-electron chi connectivity index (χ0n) is 14.7. The smallest absolute Gasteiger partial charge is 0.276 e. The van der Waals surface area contributed by atoms with Crippen LogP contribution >= 0.6 is 34.8 Å². The molecule has 3 rings (SSSR count). The lowest BCUT2D eigenvalue weighted by atomic mass is 10.1. The van der Waals surface area contributed by atoms with E-state index in [1.165, 1.54) is 7.11 Å². The molecule has 28 heavy (non-hydrogen) atoms. The summed E-state index contributed by atoms with van der Waals surface area (Å²) in [7, 11) is 3.08. The molecule has 0 aliphatic heterocycles. The monoisotopic (exact) mass is 441 g/mol. The molecule has 0 unspecified atom stereocenters. The van der Waals surface area contributed by atoms with Gasteiger partial charge in [-0.3, -0.25) is 4.79 Å². The number of methoxy groups -OCH3 is 2. The molecule has 1 N–H and O–H groups in total. The van der Waals surface area contributed by atoms with Gasteiger partial charge in [0.05, 0.1) is 25.5 Å². The maximum atomic E-state index is 12.0. The van der Waals surface area contributed by atoms with Crippen molar-refractivity contribution in [1.29, 1.82) is 0 Å². The number of nitrogens with zero attached hydrogens (tertiary/aromatic N) is 2. The van der Waals surface area contributed by atoms with E-state index >= 15 is 0 Å². The first-order valence-corrected chi connectivity index (χ1v) is 9.00. The second kappa shape index (κ2) is 8.26. The van der Waals surface area contributed by atoms with Gasteiger partial charge >= 0.3 is 0 Å². The Morgan fingerprint density at radius 3 is 2.46 bits per heavy atom. The van der Waals surface area contributed by atoms with Crippen LogP contribution in [0.25, 0.3) is 22.8 Å². The summed E-state index contributed by atoms with van der Waals surface area (Å²) in [5.41, 5.74) is 1.50. The minimum absolute atomic E-state index is 0.185. The lowest BCUT2D eigenvalue weighted by molar-refractivity contribution is -0.115. The average Bonchev–Trinajstić information content (AvgIpc) is 3.17. The number of rotatable bonds is 5. The first-order valence-electron chi connectivity index (χ1n) is 7.87. The minimum atomic E-state index is -2.10. The summed E-state index contributed by atoms with van der Waals surface area (Å²) in [6.45, 7) is 0. The summed E-state index contributed by atoms with van der Waals surface area (Å²) < 4.78 is 13.8. The zero-order chi connectivity index (χ0) is 20.3. The van der Waals surface area contributed by atoms with Gasteiger partial charge in [0.1, 0.15) is 0 Å². The van der Waals surface area contributed by atoms with Crippen LogP contribution in [0.15, 0.2) is 47.0 Å². The first kappa shape index (κ1) is 20.3. The third-order valence-corrected chi connectivity index (χ3v) is 4.25. The highest BCUT2D eigenvalue weighted by molar-refractivity contribution is 6.76. The Morgan fingerprint density at radius 2 is 1.79 bits per heavy atom. The molecule has 0 radical (unpaired) electrons. The van der Waals surface area contributed by atoms with Crippen LogP contribution < -0.4 is 14.8 Å². The number of carbonyl (C=O) groups excluding carboxylic acids is 1. The lowest BCUT2D eigenvalue weighted by Crippen LogP contribution is -2.27. The van der Waals surface area contributed by atoms with E-state index in [1.807, 2.05) is 0 Å². The minimum Gasteiger partial charge on any atom is -0.493 e. The van der Waals surface area contributed by atoms with Gasteiger partial charge in [-0.05, 0) is 30.3 Å². The number of alkyl halides is 3. The molecule has 7 nitrogen and oxygen atoms in total. The highest BCUT2D eigenvalue weighted by Crippen LogP contribution is 2.34. The average molecular weight is 443 g/mol. The molecule has 1 amide bonds. The van der Waals surface area contributed by atoms with Crippen LogP contribution in [0, 0.1) is 0 Å². The van der Waals surface area contributed by atoms with Gasteiger partial charge in [0.15, 0.2) is 11.5 Å². The third kappa shape index (κ3) is 4.32. The molecule has 0 spiro atoms. The standard InChI is InChI=1S/C18H14Cl3N3O4/c1-26-13-8-7-10(9-14(13)27-2)15-23-16(28-24-15)11-5-3-4-6-12(11)22-17(25)18(19,20)21/h3-9H,1-2H3,(H,22,25). The Bertz CT molecular complexity index is 1000. The molecule has 0 atom stereocenters. The fourth-order valence-electron chi connectivity index (χ4n) is 2.40. The molecule has 1 aromatic heterocycles. The van der Waals surface area contributed by atoms with Crippen molar-refractivity contribution < 1.29 is 18.8 Å². The van der Waals surface area contributed by atoms with Crippen molar-refractivity contribution in [2.45, 2.75) is 3.79 Å². The summed E-state index contributed by atoms with van der Waals surface area (Å²) in [5, 5.41) is 6.52. The summed E-state index contributed by atoms with van der Waals surface area (Å²) >= 11 is 16.8. The molecule has 2 aromatic carbocycles. The van der Waals surface area contributed by atoms with Crippen molar-refractivity contribution in [3.05, 3.63) is 42.5 Å². The van der Waals surface area contributed by atoms with Gasteiger partial charge in [0.2, 0.25) is 5.82 Å². The number of para-hydroxylation sites is 1. The van der Waals surface area contributed by atoms with Crippen LogP contribution in [0.4, 0.5) is 5.69 Å². The normalized spacial score (nSPS) is 11.2. The quantitative estimate of drug-likeness (QED) is 0.575. The zero-order valence-corrected chi connectivity index (χ0v) is 17.0. The van der Waals surface area contributed by atoms with Crippen LogP contribution in [0.3, 0.4) is 0 Å². The predicted molar refractivity (Wildman–Crippen MR) is 107 cm³/mol. The Labute approximate surface area is 175 Å². The van der Waals surface area contributed by atoms with Crippen molar-refractivity contribution in [2.75, 3.05) is 19.5 Å². The highest BCUT2D eigenvalue weighted by Gasteiger charge is 2.31. The summed E-state index contributed by atoms with van der Waals surface area (Å²) in [5.74, 6) is 0.824. The van der Waals surface area contributed by atoms with Crippen LogP contribution in [0.2, 0.25) is 0 Å². The number of ether oxygens (including phenoxy) is 2. The van der Waals surface area contributed by atoms with Crippen molar-refractivity contribution in [3.8, 4) is 34.3 Å². The Balaban J connectivity index is 1.94. The van der Waals surface area contributed by atoms with Crippen molar-refractivity contribution in [1.82, 2.24) is 10.1 Å². The fraction of sp³-hybridized carbons (Fsp3) is 0.167. The number of nitrogens with one attached hydrogen (secondary N) is 1. The number of halogens is 3. The van der Waals surface area contributed by atoms with E-state index in [1.54, 1.807) is 49.6 Å². The van der Waals surface area contributed by atoms with Crippen molar-refractivity contribution in [3.63, 3.8) is 0 Å². The Kier molecular flexibility index (Phi) is 5.98. The van der Waals surface area contributed by atoms with Gasteiger partial charge in [-0.25, -0.2) is 0 Å². The molecule has 1 heterocycles. The van der Waals surface area contributed by atoms with E-state index in [4.69, 9.17) is 48.8 Å². The van der Waals surface area contributed by atoms with Crippen molar-refractivity contribution in [2.24, 2.45) is 0 Å². The van der Waals surface area contributed by atoms with Gasteiger partial charge in [-0.15, -0.1) is 0 Å². The van der Waals surface area contributed by atoms with Crippen LogP contribution in [0.1, 0.15) is 0 Å². The third-order valence-electron chi connectivity index (χ3n) is 3.73. The van der Waals surface area contributed by atoms with E-state index in [9.17, 15) is 4.79 Å². The summed E-state index contributed by atoms with van der Waals surface area (Å²) in [4.78, 5) is 16.4. The number of amides is 1. The number of benzene rings is 2. The molecular formula is C18H14Cl3N3O4. The first-order chi connectivity index (χ1) is 13.3. The van der Waals surface area contributed by atoms with E-state index in [-0.39, 0.29) is 5.89 Å². The number of carbonyl (C=O) groups is 1. The van der Waals surface area contributed by atoms with Crippen LogP contribution in [-0.4, -0.2) is 34.1 Å². The second-order valence-electron chi connectivity index (χ2n) is 5.49. The van der Waals surface area contributed by atoms with Gasteiger partial charge in [-0.2, -0.15) is 4.98 Å². The molecule has 0 saturated heterocycles. The van der Waals surface area contributed by atoms with Crippen molar-refractivity contribution >= 4 is 46.4 Å². The molecule has 146 valence electrons. The SMILES string of the molecule is COc1ccc(-c2noc(-c3ccccc3NC(=O)C(Cl)(Cl)Cl)n2)cc1OC. The van der Waals surface area contributed by atoms with Gasteiger partial charge < -0.3 is 19.3 Å². The Morgan fingerprint density at radius 1 is 1.07 bits per heavy atom. The molecule has 0 bridgehead atoms. The maximum Gasteiger partial charge on any atom is 0.276 e. The van der Waals surface area contributed by atoms with Gasteiger partial charge in [0, 0.05) is 5.56 Å². The molecule has 0 fully saturated rings. The van der Waals surface area contributed by atoms with E-state index in [2.05, 4.69) is 15.5 Å². The van der Waals surface area contributed by atoms with Gasteiger partial charge in [-0.1, -0.05) is 52.1 Å². The number of anilines is 1. The maximum absolute atomic E-state index is 12.0. The number of hydrogen-bond donors (Lipinski definition) is 1. The largest absolute Gasteiger partial charge is 0.493 e. The van der Waals surface area contributed by atoms with E-state index in [0.29, 0.717) is 34.1 Å². The topological polar surface area (TPSA) is 86.5 Å². The molecule has 0 aliphatic carbocycles. The second-order valence-corrected chi connectivity index (χ2v) is 7.77. The summed E-state index contributed by atoms with van der Waals surface area (Å²) in [6, 6.07) is 12.0. The number of aromatic nitrogens is 2. The highest BCUT2D eigenvalue weighted by atomic mass is 35.6. The molecule has 0 saturated carbocycles.